The van der Waals surface area contributed by atoms with Crippen LogP contribution in [-0.2, 0) is 20.5 Å². The Morgan fingerprint density at radius 3 is 2.39 bits per heavy atom. The molecule has 2 aromatic rings. The fourth-order valence-electron chi connectivity index (χ4n) is 2.69. The van der Waals surface area contributed by atoms with E-state index in [-0.39, 0.29) is 17.0 Å². The van der Waals surface area contributed by atoms with Gasteiger partial charge in [-0.15, -0.1) is 0 Å². The van der Waals surface area contributed by atoms with Crippen molar-refractivity contribution in [3.63, 3.8) is 0 Å². The second-order valence-electron chi connectivity index (χ2n) is 6.61. The molecular formula is C21H20ClF3N2O6. The number of likely N-dealkylation sites (N-methyl/N-ethyl adjacent to an activating group) is 1. The molecule has 2 aromatic carbocycles. The number of carbonyl (C=O) groups excluding carboxylic acids is 3. The maximum absolute atomic E-state index is 12.9. The number of alkyl halides is 3. The summed E-state index contributed by atoms with van der Waals surface area (Å²) in [6, 6.07) is 7.42. The number of benzene rings is 2. The molecule has 0 fully saturated rings. The highest BCUT2D eigenvalue weighted by Gasteiger charge is 2.33. The quantitative estimate of drug-likeness (QED) is 0.570. The summed E-state index contributed by atoms with van der Waals surface area (Å²) in [5, 5.41) is 1.74. The third kappa shape index (κ3) is 6.75. The summed E-state index contributed by atoms with van der Waals surface area (Å²) in [7, 11) is 4.00. The lowest BCUT2D eigenvalue weighted by molar-refractivity contribution is -0.137. The number of nitrogens with zero attached hydrogens (tertiary/aromatic N) is 1. The van der Waals surface area contributed by atoms with Gasteiger partial charge < -0.3 is 24.4 Å². The Labute approximate surface area is 192 Å². The fourth-order valence-corrected chi connectivity index (χ4v) is 2.91. The maximum atomic E-state index is 12.9. The number of anilines is 1. The third-order valence-corrected chi connectivity index (χ3v) is 4.64. The van der Waals surface area contributed by atoms with E-state index in [9.17, 15) is 27.6 Å². The van der Waals surface area contributed by atoms with Crippen LogP contribution in [0.5, 0.6) is 11.5 Å². The van der Waals surface area contributed by atoms with Gasteiger partial charge in [-0.25, -0.2) is 4.79 Å². The average molecular weight is 489 g/mol. The van der Waals surface area contributed by atoms with Crippen LogP contribution in [-0.4, -0.2) is 57.1 Å². The van der Waals surface area contributed by atoms with E-state index in [4.69, 9.17) is 25.8 Å². The summed E-state index contributed by atoms with van der Waals surface area (Å²) in [5.74, 6) is -1.90. The zero-order valence-corrected chi connectivity index (χ0v) is 18.5. The van der Waals surface area contributed by atoms with Gasteiger partial charge in [0.1, 0.15) is 5.56 Å². The highest BCUT2D eigenvalue weighted by Crippen LogP contribution is 2.36. The minimum absolute atomic E-state index is 0.0354. The van der Waals surface area contributed by atoms with E-state index in [0.29, 0.717) is 11.8 Å². The number of para-hydroxylation sites is 1. The van der Waals surface area contributed by atoms with Crippen LogP contribution in [0.3, 0.4) is 0 Å². The summed E-state index contributed by atoms with van der Waals surface area (Å²) in [6.45, 7) is -1.18. The van der Waals surface area contributed by atoms with Crippen molar-refractivity contribution in [2.45, 2.75) is 6.18 Å². The molecule has 0 unspecified atom stereocenters. The largest absolute Gasteiger partial charge is 0.493 e. The molecule has 178 valence electrons. The zero-order valence-electron chi connectivity index (χ0n) is 17.8. The summed E-state index contributed by atoms with van der Waals surface area (Å²) in [4.78, 5) is 37.6. The molecule has 0 aliphatic rings. The van der Waals surface area contributed by atoms with Crippen molar-refractivity contribution in [3.05, 3.63) is 52.5 Å². The lowest BCUT2D eigenvalue weighted by atomic mass is 10.2. The Hall–Kier alpha value is -3.47. The molecule has 0 saturated carbocycles. The number of ether oxygens (including phenoxy) is 3. The monoisotopic (exact) mass is 488 g/mol. The normalized spacial score (nSPS) is 10.9. The van der Waals surface area contributed by atoms with Crippen LogP contribution >= 0.6 is 11.6 Å². The molecule has 0 bridgehead atoms. The summed E-state index contributed by atoms with van der Waals surface area (Å²) < 4.78 is 54.0. The van der Waals surface area contributed by atoms with Gasteiger partial charge in [0, 0.05) is 12.7 Å². The molecule has 0 heterocycles. The van der Waals surface area contributed by atoms with Gasteiger partial charge in [0.2, 0.25) is 5.91 Å². The van der Waals surface area contributed by atoms with Crippen molar-refractivity contribution in [3.8, 4) is 11.5 Å². The SMILES string of the molecule is COc1cccc(C(=O)OCC(=O)N(C)CC(=O)Nc2ccc(Cl)c(C(F)(F)F)c2)c1OC. The highest BCUT2D eigenvalue weighted by atomic mass is 35.5. The van der Waals surface area contributed by atoms with E-state index in [1.54, 1.807) is 6.07 Å². The number of methoxy groups -OCH3 is 2. The molecule has 8 nitrogen and oxygen atoms in total. The van der Waals surface area contributed by atoms with Gasteiger partial charge in [0.25, 0.3) is 5.91 Å². The molecule has 0 aliphatic heterocycles. The van der Waals surface area contributed by atoms with Crippen molar-refractivity contribution in [1.82, 2.24) is 4.90 Å². The molecule has 0 radical (unpaired) electrons. The first-order valence-electron chi connectivity index (χ1n) is 9.26. The van der Waals surface area contributed by atoms with Crippen molar-refractivity contribution in [2.24, 2.45) is 0 Å². The number of amides is 2. The summed E-state index contributed by atoms with van der Waals surface area (Å²) in [5.41, 5.74) is -1.21. The van der Waals surface area contributed by atoms with Crippen LogP contribution in [0, 0.1) is 0 Å². The first kappa shape index (κ1) is 25.8. The van der Waals surface area contributed by atoms with Gasteiger partial charge in [-0.3, -0.25) is 9.59 Å². The van der Waals surface area contributed by atoms with Crippen LogP contribution in [0.1, 0.15) is 15.9 Å². The van der Waals surface area contributed by atoms with E-state index in [1.807, 2.05) is 0 Å². The lowest BCUT2D eigenvalue weighted by Crippen LogP contribution is -2.37. The number of halogens is 4. The van der Waals surface area contributed by atoms with E-state index >= 15 is 0 Å². The number of esters is 1. The van der Waals surface area contributed by atoms with Crippen molar-refractivity contribution < 1.29 is 41.8 Å². The van der Waals surface area contributed by atoms with Crippen LogP contribution < -0.4 is 14.8 Å². The van der Waals surface area contributed by atoms with Gasteiger partial charge in [-0.1, -0.05) is 17.7 Å². The second-order valence-corrected chi connectivity index (χ2v) is 7.01. The Kier molecular flexibility index (Phi) is 8.52. The van der Waals surface area contributed by atoms with E-state index in [1.165, 1.54) is 39.5 Å². The molecule has 33 heavy (non-hydrogen) atoms. The van der Waals surface area contributed by atoms with E-state index in [2.05, 4.69) is 5.32 Å². The average Bonchev–Trinajstić information content (AvgIpc) is 2.76. The first-order chi connectivity index (χ1) is 15.5. The molecule has 0 spiro atoms. The molecule has 1 N–H and O–H groups in total. The molecule has 0 aliphatic carbocycles. The Bertz CT molecular complexity index is 1050. The number of hydrogen-bond donors (Lipinski definition) is 1. The number of nitrogens with one attached hydrogen (secondary N) is 1. The minimum Gasteiger partial charge on any atom is -0.493 e. The summed E-state index contributed by atoms with van der Waals surface area (Å²) >= 11 is 5.54. The predicted octanol–water partition coefficient (Wildman–Crippen LogP) is 3.63. The van der Waals surface area contributed by atoms with Crippen LogP contribution in [0.4, 0.5) is 18.9 Å². The molecule has 0 aromatic heterocycles. The molecular weight excluding hydrogens is 469 g/mol. The number of rotatable bonds is 8. The molecule has 0 atom stereocenters. The first-order valence-corrected chi connectivity index (χ1v) is 9.64. The lowest BCUT2D eigenvalue weighted by Gasteiger charge is -2.18. The molecule has 2 amide bonds. The van der Waals surface area contributed by atoms with Crippen molar-refractivity contribution in [1.29, 1.82) is 0 Å². The number of carbonyl (C=O) groups is 3. The van der Waals surface area contributed by atoms with Crippen LogP contribution in [0.15, 0.2) is 36.4 Å². The highest BCUT2D eigenvalue weighted by molar-refractivity contribution is 6.31. The molecule has 2 rings (SSSR count). The smallest absolute Gasteiger partial charge is 0.417 e. The number of hydrogen-bond acceptors (Lipinski definition) is 6. The van der Waals surface area contributed by atoms with Crippen molar-refractivity contribution >= 4 is 35.1 Å². The minimum atomic E-state index is -4.69. The fraction of sp³-hybridized carbons (Fsp3) is 0.286. The van der Waals surface area contributed by atoms with Gasteiger partial charge in [0.15, 0.2) is 18.1 Å². The van der Waals surface area contributed by atoms with E-state index < -0.39 is 47.7 Å². The van der Waals surface area contributed by atoms with Crippen LogP contribution in [0.2, 0.25) is 5.02 Å². The topological polar surface area (TPSA) is 94.2 Å². The van der Waals surface area contributed by atoms with Gasteiger partial charge in [-0.2, -0.15) is 13.2 Å². The maximum Gasteiger partial charge on any atom is 0.417 e. The molecule has 12 heteroatoms. The van der Waals surface area contributed by atoms with Gasteiger partial charge >= 0.3 is 12.1 Å². The summed E-state index contributed by atoms with van der Waals surface area (Å²) in [6.07, 6.45) is -4.69. The Balaban J connectivity index is 1.95. The Morgan fingerprint density at radius 1 is 1.09 bits per heavy atom. The predicted molar refractivity (Wildman–Crippen MR) is 113 cm³/mol. The van der Waals surface area contributed by atoms with Gasteiger partial charge in [-0.05, 0) is 30.3 Å². The molecule has 0 saturated heterocycles. The third-order valence-electron chi connectivity index (χ3n) is 4.31. The zero-order chi connectivity index (χ0) is 24.8. The second kappa shape index (κ2) is 10.9. The van der Waals surface area contributed by atoms with Crippen LogP contribution in [0.25, 0.3) is 0 Å². The Morgan fingerprint density at radius 2 is 1.79 bits per heavy atom. The standard InChI is InChI=1S/C21H20ClF3N2O6/c1-27(10-17(28)26-12-7-8-15(22)14(9-12)21(23,24)25)18(29)11-33-20(30)13-5-4-6-16(31-2)19(13)32-3/h4-9H,10-11H2,1-3H3,(H,26,28). The van der Waals surface area contributed by atoms with Crippen molar-refractivity contribution in [2.75, 3.05) is 39.7 Å². The van der Waals surface area contributed by atoms with Gasteiger partial charge in [0.05, 0.1) is 31.4 Å². The van der Waals surface area contributed by atoms with E-state index in [0.717, 1.165) is 11.0 Å².